The Labute approximate surface area is 208 Å². The van der Waals surface area contributed by atoms with E-state index in [9.17, 15) is 9.59 Å². The summed E-state index contributed by atoms with van der Waals surface area (Å²) in [4.78, 5) is 26.3. The number of carbonyl (C=O) groups excluding carboxylic acids is 2. The number of methoxy groups -OCH3 is 2. The van der Waals surface area contributed by atoms with Gasteiger partial charge in [-0.2, -0.15) is 0 Å². The SMILES string of the molecule is COc1ccc2c(Cl)c(C(=O)NC[C@@H](C)NC(=O)c3sc4cc(OC)ccc4c3Cl)sc2c1. The second kappa shape index (κ2) is 9.77. The van der Waals surface area contributed by atoms with Crippen molar-refractivity contribution in [1.29, 1.82) is 0 Å². The number of ether oxygens (including phenoxy) is 2. The molecule has 0 aliphatic carbocycles. The molecule has 0 unspecified atom stereocenters. The van der Waals surface area contributed by atoms with E-state index in [1.807, 2.05) is 24.3 Å². The van der Waals surface area contributed by atoms with Crippen LogP contribution in [0.5, 0.6) is 11.5 Å². The molecule has 0 spiro atoms. The number of rotatable bonds is 7. The van der Waals surface area contributed by atoms with Crippen molar-refractivity contribution < 1.29 is 19.1 Å². The van der Waals surface area contributed by atoms with E-state index in [2.05, 4.69) is 10.6 Å². The number of nitrogens with one attached hydrogen (secondary N) is 2. The van der Waals surface area contributed by atoms with Gasteiger partial charge in [-0.25, -0.2) is 0 Å². The highest BCUT2D eigenvalue weighted by Crippen LogP contribution is 2.38. The van der Waals surface area contributed by atoms with E-state index in [-0.39, 0.29) is 24.4 Å². The molecule has 6 nitrogen and oxygen atoms in total. The van der Waals surface area contributed by atoms with E-state index in [0.29, 0.717) is 31.3 Å². The summed E-state index contributed by atoms with van der Waals surface area (Å²) in [5.41, 5.74) is 0. The number of carbonyl (C=O) groups is 2. The molecule has 0 aliphatic rings. The smallest absolute Gasteiger partial charge is 0.263 e. The van der Waals surface area contributed by atoms with E-state index in [1.54, 1.807) is 33.3 Å². The lowest BCUT2D eigenvalue weighted by Crippen LogP contribution is -2.41. The van der Waals surface area contributed by atoms with Crippen LogP contribution in [0.4, 0.5) is 0 Å². The fraction of sp³-hybridized carbons (Fsp3) is 0.217. The Hall–Kier alpha value is -2.52. The van der Waals surface area contributed by atoms with Gasteiger partial charge in [0.25, 0.3) is 11.8 Å². The van der Waals surface area contributed by atoms with E-state index >= 15 is 0 Å². The van der Waals surface area contributed by atoms with E-state index in [0.717, 1.165) is 20.2 Å². The van der Waals surface area contributed by atoms with Gasteiger partial charge >= 0.3 is 0 Å². The molecule has 0 bridgehead atoms. The molecule has 0 aliphatic heterocycles. The molecule has 4 rings (SSSR count). The molecule has 2 aromatic heterocycles. The van der Waals surface area contributed by atoms with Gasteiger partial charge in [0.15, 0.2) is 0 Å². The first kappa shape index (κ1) is 23.6. The molecule has 2 heterocycles. The average Bonchev–Trinajstić information content (AvgIpc) is 3.33. The third-order valence-corrected chi connectivity index (χ3v) is 8.34. The van der Waals surface area contributed by atoms with E-state index < -0.39 is 0 Å². The lowest BCUT2D eigenvalue weighted by atomic mass is 10.2. The molecule has 172 valence electrons. The van der Waals surface area contributed by atoms with Crippen LogP contribution in [0.1, 0.15) is 26.3 Å². The first-order valence-corrected chi connectivity index (χ1v) is 12.3. The van der Waals surface area contributed by atoms with E-state index in [4.69, 9.17) is 32.7 Å². The molecule has 2 N–H and O–H groups in total. The van der Waals surface area contributed by atoms with E-state index in [1.165, 1.54) is 22.7 Å². The summed E-state index contributed by atoms with van der Waals surface area (Å²) in [6, 6.07) is 10.6. The van der Waals surface area contributed by atoms with Gasteiger partial charge in [0.05, 0.1) is 24.3 Å². The predicted octanol–water partition coefficient (Wildman–Crippen LogP) is 5.99. The van der Waals surface area contributed by atoms with Crippen LogP contribution in [-0.4, -0.2) is 38.6 Å². The lowest BCUT2D eigenvalue weighted by Gasteiger charge is -2.14. The van der Waals surface area contributed by atoms with Crippen LogP contribution < -0.4 is 20.1 Å². The van der Waals surface area contributed by atoms with Crippen molar-refractivity contribution in [2.45, 2.75) is 13.0 Å². The first-order valence-electron chi connectivity index (χ1n) is 9.93. The van der Waals surface area contributed by atoms with Crippen LogP contribution in [-0.2, 0) is 0 Å². The van der Waals surface area contributed by atoms with Gasteiger partial charge in [-0.05, 0) is 43.3 Å². The molecule has 33 heavy (non-hydrogen) atoms. The number of hydrogen-bond donors (Lipinski definition) is 2. The molecule has 10 heteroatoms. The fourth-order valence-electron chi connectivity index (χ4n) is 3.30. The standard InChI is InChI=1S/C23H20Cl2N2O4S2/c1-11(27-23(29)21-19(25)15-7-5-13(31-3)9-17(15)33-21)10-26-22(28)20-18(24)14-6-4-12(30-2)8-16(14)32-20/h4-9,11H,10H2,1-3H3,(H,26,28)(H,27,29)/t11-/m1/s1. The largest absolute Gasteiger partial charge is 0.497 e. The van der Waals surface area contributed by atoms with Gasteiger partial charge in [-0.1, -0.05) is 23.2 Å². The maximum absolute atomic E-state index is 12.8. The molecule has 4 aromatic rings. The molecule has 0 saturated heterocycles. The molecule has 2 amide bonds. The summed E-state index contributed by atoms with van der Waals surface area (Å²) in [5, 5.41) is 8.12. The van der Waals surface area contributed by atoms with Gasteiger partial charge in [-0.15, -0.1) is 22.7 Å². The summed E-state index contributed by atoms with van der Waals surface area (Å²) < 4.78 is 12.2. The van der Waals surface area contributed by atoms with Gasteiger partial charge in [0.2, 0.25) is 0 Å². The Balaban J connectivity index is 1.41. The second-order valence-electron chi connectivity index (χ2n) is 7.30. The summed E-state index contributed by atoms with van der Waals surface area (Å²) in [5.74, 6) is 0.797. The van der Waals surface area contributed by atoms with Crippen LogP contribution in [0.3, 0.4) is 0 Å². The number of hydrogen-bond acceptors (Lipinski definition) is 6. The van der Waals surface area contributed by atoms with Crippen molar-refractivity contribution >= 4 is 77.9 Å². The molecule has 0 fully saturated rings. The van der Waals surface area contributed by atoms with Crippen molar-refractivity contribution in [2.75, 3.05) is 20.8 Å². The Morgan fingerprint density at radius 3 is 1.85 bits per heavy atom. The molecule has 1 atom stereocenters. The third-order valence-electron chi connectivity index (χ3n) is 5.03. The minimum Gasteiger partial charge on any atom is -0.497 e. The molecule has 0 radical (unpaired) electrons. The summed E-state index contributed by atoms with van der Waals surface area (Å²) >= 11 is 15.4. The Morgan fingerprint density at radius 2 is 1.36 bits per heavy atom. The Kier molecular flexibility index (Phi) is 6.99. The topological polar surface area (TPSA) is 76.7 Å². The highest BCUT2D eigenvalue weighted by atomic mass is 35.5. The molecule has 0 saturated carbocycles. The number of halogens is 2. The minimum atomic E-state index is -0.328. The predicted molar refractivity (Wildman–Crippen MR) is 136 cm³/mol. The second-order valence-corrected chi connectivity index (χ2v) is 10.2. The van der Waals surface area contributed by atoms with Crippen molar-refractivity contribution in [2.24, 2.45) is 0 Å². The van der Waals surface area contributed by atoms with Gasteiger partial charge < -0.3 is 20.1 Å². The average molecular weight is 523 g/mol. The van der Waals surface area contributed by atoms with Gasteiger partial charge in [0, 0.05) is 32.8 Å². The summed E-state index contributed by atoms with van der Waals surface area (Å²) in [6.07, 6.45) is 0. The lowest BCUT2D eigenvalue weighted by molar-refractivity contribution is 0.0916. The van der Waals surface area contributed by atoms with Crippen LogP contribution in [0.15, 0.2) is 36.4 Å². The number of fused-ring (bicyclic) bond motifs is 2. The maximum atomic E-state index is 12.8. The van der Waals surface area contributed by atoms with Gasteiger partial charge in [-0.3, -0.25) is 9.59 Å². The van der Waals surface area contributed by atoms with Crippen LogP contribution in [0.25, 0.3) is 20.2 Å². The molecular weight excluding hydrogens is 503 g/mol. The van der Waals surface area contributed by atoms with Crippen LogP contribution in [0.2, 0.25) is 10.0 Å². The zero-order chi connectivity index (χ0) is 23.7. The summed E-state index contributed by atoms with van der Waals surface area (Å²) in [7, 11) is 3.17. The fourth-order valence-corrected chi connectivity index (χ4v) is 6.21. The van der Waals surface area contributed by atoms with Crippen molar-refractivity contribution in [3.05, 3.63) is 56.2 Å². The Morgan fingerprint density at radius 1 is 0.879 bits per heavy atom. The van der Waals surface area contributed by atoms with Crippen molar-refractivity contribution in [1.82, 2.24) is 10.6 Å². The summed E-state index contributed by atoms with van der Waals surface area (Å²) in [6.45, 7) is 2.04. The van der Waals surface area contributed by atoms with Gasteiger partial charge in [0.1, 0.15) is 21.3 Å². The quantitative estimate of drug-likeness (QED) is 0.312. The third kappa shape index (κ3) is 4.75. The van der Waals surface area contributed by atoms with Crippen molar-refractivity contribution in [3.8, 4) is 11.5 Å². The zero-order valence-corrected chi connectivity index (χ0v) is 21.1. The maximum Gasteiger partial charge on any atom is 0.263 e. The normalized spacial score (nSPS) is 12.0. The number of thiophene rings is 2. The molecule has 2 aromatic carbocycles. The molecular formula is C23H20Cl2N2O4S2. The Bertz CT molecular complexity index is 1370. The first-order chi connectivity index (χ1) is 15.8. The monoisotopic (exact) mass is 522 g/mol. The van der Waals surface area contributed by atoms with Crippen LogP contribution >= 0.6 is 45.9 Å². The van der Waals surface area contributed by atoms with Crippen LogP contribution in [0, 0.1) is 0 Å². The number of amides is 2. The number of benzene rings is 2. The zero-order valence-electron chi connectivity index (χ0n) is 18.0. The van der Waals surface area contributed by atoms with Crippen molar-refractivity contribution in [3.63, 3.8) is 0 Å². The highest BCUT2D eigenvalue weighted by molar-refractivity contribution is 7.22. The minimum absolute atomic E-state index is 0.231. The highest BCUT2D eigenvalue weighted by Gasteiger charge is 2.21.